The first-order chi connectivity index (χ1) is 13.5. The van der Waals surface area contributed by atoms with Gasteiger partial charge in [0, 0.05) is 18.5 Å². The van der Waals surface area contributed by atoms with Gasteiger partial charge in [-0.25, -0.2) is 0 Å². The molecule has 2 aromatic rings. The van der Waals surface area contributed by atoms with Crippen molar-refractivity contribution in [1.29, 1.82) is 0 Å². The summed E-state index contributed by atoms with van der Waals surface area (Å²) in [6, 6.07) is 12.1. The first kappa shape index (κ1) is 20.5. The Bertz CT molecular complexity index is 782. The SMILES string of the molecule is COc1cc(CN2CCC[C@](CO)(Cc3ccccc3C)C2)cc(OC)c1O. The summed E-state index contributed by atoms with van der Waals surface area (Å²) in [5.41, 5.74) is 3.48. The topological polar surface area (TPSA) is 62.2 Å². The number of phenolic OH excluding ortho intramolecular Hbond substituents is 1. The molecule has 3 rings (SSSR count). The van der Waals surface area contributed by atoms with Crippen LogP contribution in [0, 0.1) is 12.3 Å². The van der Waals surface area contributed by atoms with Crippen LogP contribution in [0.1, 0.15) is 29.5 Å². The van der Waals surface area contributed by atoms with Crippen LogP contribution in [0.5, 0.6) is 17.2 Å². The van der Waals surface area contributed by atoms with Crippen molar-refractivity contribution in [2.75, 3.05) is 33.9 Å². The summed E-state index contributed by atoms with van der Waals surface area (Å²) in [4.78, 5) is 2.38. The van der Waals surface area contributed by atoms with E-state index in [0.717, 1.165) is 44.5 Å². The Hall–Kier alpha value is -2.24. The van der Waals surface area contributed by atoms with Gasteiger partial charge in [0.2, 0.25) is 5.75 Å². The zero-order chi connectivity index (χ0) is 20.1. The first-order valence-electron chi connectivity index (χ1n) is 9.82. The fourth-order valence-corrected chi connectivity index (χ4v) is 4.28. The predicted octanol–water partition coefficient (Wildman–Crippen LogP) is 3.54. The molecule has 5 heteroatoms. The summed E-state index contributed by atoms with van der Waals surface area (Å²) >= 11 is 0. The summed E-state index contributed by atoms with van der Waals surface area (Å²) in [6.07, 6.45) is 2.96. The maximum atomic E-state index is 10.3. The third-order valence-electron chi connectivity index (χ3n) is 5.85. The van der Waals surface area contributed by atoms with Crippen LogP contribution in [0.15, 0.2) is 36.4 Å². The van der Waals surface area contributed by atoms with Crippen molar-refractivity contribution < 1.29 is 19.7 Å². The zero-order valence-electron chi connectivity index (χ0n) is 17.1. The standard InChI is InChI=1S/C23H31NO4/c1-17-7-4-5-8-19(17)13-23(16-25)9-6-10-24(15-23)14-18-11-20(27-2)22(26)21(12-18)28-3/h4-5,7-8,11-12,25-26H,6,9-10,13-16H2,1-3H3/t23-/m0/s1. The van der Waals surface area contributed by atoms with Crippen LogP contribution in [-0.4, -0.2) is 49.0 Å². The number of aliphatic hydroxyl groups excluding tert-OH is 1. The van der Waals surface area contributed by atoms with Gasteiger partial charge in [0.1, 0.15) is 0 Å². The fraction of sp³-hybridized carbons (Fsp3) is 0.478. The lowest BCUT2D eigenvalue weighted by Crippen LogP contribution is -2.46. The van der Waals surface area contributed by atoms with Crippen molar-refractivity contribution in [3.8, 4) is 17.2 Å². The molecule has 1 aliphatic heterocycles. The Morgan fingerprint density at radius 2 is 1.79 bits per heavy atom. The van der Waals surface area contributed by atoms with Crippen LogP contribution in [-0.2, 0) is 13.0 Å². The predicted molar refractivity (Wildman–Crippen MR) is 110 cm³/mol. The summed E-state index contributed by atoms with van der Waals surface area (Å²) in [5, 5.41) is 20.4. The fourth-order valence-electron chi connectivity index (χ4n) is 4.28. The summed E-state index contributed by atoms with van der Waals surface area (Å²) in [5.74, 6) is 0.857. The molecule has 1 aliphatic rings. The Labute approximate surface area is 167 Å². The Balaban J connectivity index is 1.78. The van der Waals surface area contributed by atoms with Crippen molar-refractivity contribution in [2.24, 2.45) is 5.41 Å². The Kier molecular flexibility index (Phi) is 6.47. The van der Waals surface area contributed by atoms with Gasteiger partial charge in [-0.05, 0) is 61.6 Å². The minimum atomic E-state index is -0.130. The second-order valence-corrected chi connectivity index (χ2v) is 7.92. The van der Waals surface area contributed by atoms with E-state index in [2.05, 4.69) is 36.1 Å². The second kappa shape index (κ2) is 8.84. The maximum Gasteiger partial charge on any atom is 0.200 e. The molecule has 1 atom stereocenters. The largest absolute Gasteiger partial charge is 0.502 e. The highest BCUT2D eigenvalue weighted by molar-refractivity contribution is 5.52. The van der Waals surface area contributed by atoms with Gasteiger partial charge in [0.25, 0.3) is 0 Å². The van der Waals surface area contributed by atoms with Crippen LogP contribution >= 0.6 is 0 Å². The second-order valence-electron chi connectivity index (χ2n) is 7.92. The van der Waals surface area contributed by atoms with Crippen LogP contribution in [0.25, 0.3) is 0 Å². The third-order valence-corrected chi connectivity index (χ3v) is 5.85. The monoisotopic (exact) mass is 385 g/mol. The molecule has 2 N–H and O–H groups in total. The van der Waals surface area contributed by atoms with Crippen molar-refractivity contribution in [3.63, 3.8) is 0 Å². The number of ether oxygens (including phenoxy) is 2. The molecule has 0 unspecified atom stereocenters. The number of piperidine rings is 1. The van der Waals surface area contributed by atoms with Gasteiger partial charge in [0.15, 0.2) is 11.5 Å². The van der Waals surface area contributed by atoms with E-state index >= 15 is 0 Å². The number of rotatable bonds is 7. The lowest BCUT2D eigenvalue weighted by atomic mass is 9.75. The molecule has 0 spiro atoms. The Morgan fingerprint density at radius 3 is 2.39 bits per heavy atom. The van der Waals surface area contributed by atoms with E-state index in [0.29, 0.717) is 11.5 Å². The molecule has 0 aromatic heterocycles. The van der Waals surface area contributed by atoms with Crippen LogP contribution in [0.4, 0.5) is 0 Å². The first-order valence-corrected chi connectivity index (χ1v) is 9.82. The molecule has 28 heavy (non-hydrogen) atoms. The van der Waals surface area contributed by atoms with Gasteiger partial charge in [-0.3, -0.25) is 4.90 Å². The van der Waals surface area contributed by atoms with E-state index in [-0.39, 0.29) is 17.8 Å². The van der Waals surface area contributed by atoms with Gasteiger partial charge >= 0.3 is 0 Å². The number of phenols is 1. The number of likely N-dealkylation sites (tertiary alicyclic amines) is 1. The number of hydrogen-bond donors (Lipinski definition) is 2. The zero-order valence-corrected chi connectivity index (χ0v) is 17.1. The lowest BCUT2D eigenvalue weighted by Gasteiger charge is -2.42. The van der Waals surface area contributed by atoms with E-state index in [1.165, 1.54) is 25.3 Å². The van der Waals surface area contributed by atoms with E-state index in [4.69, 9.17) is 9.47 Å². The number of aliphatic hydroxyl groups is 1. The maximum absolute atomic E-state index is 10.3. The molecular formula is C23H31NO4. The number of benzene rings is 2. The quantitative estimate of drug-likeness (QED) is 0.763. The molecule has 0 saturated carbocycles. The Morgan fingerprint density at radius 1 is 1.11 bits per heavy atom. The van der Waals surface area contributed by atoms with Crippen molar-refractivity contribution in [3.05, 3.63) is 53.1 Å². The van der Waals surface area contributed by atoms with Gasteiger partial charge in [-0.1, -0.05) is 24.3 Å². The molecule has 152 valence electrons. The average Bonchev–Trinajstić information content (AvgIpc) is 2.71. The smallest absolute Gasteiger partial charge is 0.200 e. The minimum absolute atomic E-state index is 0.0247. The molecule has 0 radical (unpaired) electrons. The average molecular weight is 386 g/mol. The summed E-state index contributed by atoms with van der Waals surface area (Å²) in [6.45, 7) is 4.86. The van der Waals surface area contributed by atoms with Crippen LogP contribution < -0.4 is 9.47 Å². The third kappa shape index (κ3) is 4.42. The molecule has 0 bridgehead atoms. The molecule has 0 amide bonds. The minimum Gasteiger partial charge on any atom is -0.502 e. The van der Waals surface area contributed by atoms with Gasteiger partial charge in [-0.15, -0.1) is 0 Å². The van der Waals surface area contributed by atoms with Gasteiger partial charge in [0.05, 0.1) is 20.8 Å². The normalized spacial score (nSPS) is 20.1. The highest BCUT2D eigenvalue weighted by atomic mass is 16.5. The van der Waals surface area contributed by atoms with E-state index in [1.807, 2.05) is 12.1 Å². The van der Waals surface area contributed by atoms with Crippen molar-refractivity contribution >= 4 is 0 Å². The summed E-state index contributed by atoms with van der Waals surface area (Å²) in [7, 11) is 3.08. The molecule has 1 heterocycles. The number of hydrogen-bond acceptors (Lipinski definition) is 5. The van der Waals surface area contributed by atoms with Crippen molar-refractivity contribution in [1.82, 2.24) is 4.90 Å². The van der Waals surface area contributed by atoms with Gasteiger partial charge in [-0.2, -0.15) is 0 Å². The van der Waals surface area contributed by atoms with E-state index in [9.17, 15) is 10.2 Å². The summed E-state index contributed by atoms with van der Waals surface area (Å²) < 4.78 is 10.6. The molecule has 1 saturated heterocycles. The highest BCUT2D eigenvalue weighted by Crippen LogP contribution is 2.39. The molecule has 1 fully saturated rings. The van der Waals surface area contributed by atoms with Gasteiger partial charge < -0.3 is 19.7 Å². The number of nitrogens with zero attached hydrogens (tertiary/aromatic N) is 1. The molecular weight excluding hydrogens is 354 g/mol. The molecule has 5 nitrogen and oxygen atoms in total. The number of aryl methyl sites for hydroxylation is 1. The van der Waals surface area contributed by atoms with Crippen molar-refractivity contribution in [2.45, 2.75) is 32.7 Å². The molecule has 2 aromatic carbocycles. The van der Waals surface area contributed by atoms with E-state index < -0.39 is 0 Å². The highest BCUT2D eigenvalue weighted by Gasteiger charge is 2.35. The van der Waals surface area contributed by atoms with E-state index in [1.54, 1.807) is 0 Å². The number of methoxy groups -OCH3 is 2. The van der Waals surface area contributed by atoms with Crippen LogP contribution in [0.2, 0.25) is 0 Å². The number of aromatic hydroxyl groups is 1. The lowest BCUT2D eigenvalue weighted by molar-refractivity contribution is 0.0287. The van der Waals surface area contributed by atoms with Crippen LogP contribution in [0.3, 0.4) is 0 Å². The molecule has 0 aliphatic carbocycles.